The first-order chi connectivity index (χ1) is 18.8. The lowest BCUT2D eigenvalue weighted by Crippen LogP contribution is -2.01. The van der Waals surface area contributed by atoms with Crippen molar-refractivity contribution < 1.29 is 0 Å². The smallest absolute Gasteiger partial charge is 0.332 e. The van der Waals surface area contributed by atoms with Crippen LogP contribution >= 0.6 is 0 Å². The van der Waals surface area contributed by atoms with Gasteiger partial charge in [0.05, 0.1) is 33.1 Å². The van der Waals surface area contributed by atoms with Crippen molar-refractivity contribution in [3.05, 3.63) is 115 Å². The lowest BCUT2D eigenvalue weighted by Gasteiger charge is -2.06. The Hall–Kier alpha value is -5.47. The van der Waals surface area contributed by atoms with E-state index >= 15 is 0 Å². The Labute approximate surface area is 216 Å². The molecule has 4 aromatic heterocycles. The highest BCUT2D eigenvalue weighted by molar-refractivity contribution is 6.35. The Kier molecular flexibility index (Phi) is 3.55. The van der Waals surface area contributed by atoms with Gasteiger partial charge < -0.3 is 9.25 Å². The van der Waals surface area contributed by atoms with Crippen LogP contribution in [0.1, 0.15) is 0 Å². The summed E-state index contributed by atoms with van der Waals surface area (Å²) in [6.45, 7) is 7.83. The molecule has 5 heteroatoms. The highest BCUT2D eigenvalue weighted by Gasteiger charge is 2.25. The number of nitrogens with zero attached hydrogens (tertiary/aromatic N) is 5. The van der Waals surface area contributed by atoms with E-state index in [9.17, 15) is 0 Å². The van der Waals surface area contributed by atoms with E-state index in [0.717, 1.165) is 27.3 Å². The predicted octanol–water partition coefficient (Wildman–Crippen LogP) is 8.43. The molecule has 0 saturated carbocycles. The van der Waals surface area contributed by atoms with E-state index in [1.807, 2.05) is 24.3 Å². The van der Waals surface area contributed by atoms with Crippen LogP contribution in [-0.4, -0.2) is 18.9 Å². The molecule has 0 radical (unpaired) electrons. The number of para-hydroxylation sites is 4. The van der Waals surface area contributed by atoms with Gasteiger partial charge in [-0.1, -0.05) is 84.4 Å². The first-order valence-electron chi connectivity index (χ1n) is 12.6. The molecule has 5 nitrogen and oxygen atoms in total. The Balaban J connectivity index is 1.59. The number of rotatable bonds is 1. The molecule has 5 aromatic carbocycles. The summed E-state index contributed by atoms with van der Waals surface area (Å²) in [4.78, 5) is 13.5. The molecule has 0 unspecified atom stereocenters. The van der Waals surface area contributed by atoms with Crippen LogP contribution in [0.4, 0.5) is 5.82 Å². The summed E-state index contributed by atoms with van der Waals surface area (Å²) in [6.07, 6.45) is 0. The first kappa shape index (κ1) is 19.7. The standard InChI is InChI=1S/C33H17N5/c1-34-32-20-11-2-6-14-24(20)35-33(36-32)38-27-17-9-4-12-21(27)29-28(38)18-23-19-10-3-7-15-25(19)37-26-16-8-5-13-22(26)30(29)31(23)37/h2-18H. The molecule has 0 N–H and O–H groups in total. The minimum absolute atomic E-state index is 0.365. The predicted molar refractivity (Wildman–Crippen MR) is 155 cm³/mol. The van der Waals surface area contributed by atoms with Crippen LogP contribution in [-0.2, 0) is 0 Å². The van der Waals surface area contributed by atoms with Crippen LogP contribution in [0.3, 0.4) is 0 Å². The maximum absolute atomic E-state index is 7.83. The maximum Gasteiger partial charge on any atom is 0.332 e. The fourth-order valence-electron chi connectivity index (χ4n) is 6.41. The van der Waals surface area contributed by atoms with Gasteiger partial charge >= 0.3 is 5.95 Å². The topological polar surface area (TPSA) is 39.5 Å². The summed E-state index contributed by atoms with van der Waals surface area (Å²) >= 11 is 0. The van der Waals surface area contributed by atoms with Crippen LogP contribution < -0.4 is 0 Å². The average molecular weight is 484 g/mol. The van der Waals surface area contributed by atoms with Crippen molar-refractivity contribution >= 4 is 76.6 Å². The molecule has 0 saturated heterocycles. The second-order valence-electron chi connectivity index (χ2n) is 9.74. The summed E-state index contributed by atoms with van der Waals surface area (Å²) in [5.74, 6) is 0.881. The number of benzene rings is 5. The number of hydrogen-bond acceptors (Lipinski definition) is 2. The van der Waals surface area contributed by atoms with Gasteiger partial charge in [-0.25, -0.2) is 0 Å². The highest BCUT2D eigenvalue weighted by Crippen LogP contribution is 2.46. The molecular formula is C33H17N5. The summed E-state index contributed by atoms with van der Waals surface area (Å²) in [5.41, 5.74) is 6.48. The van der Waals surface area contributed by atoms with Crippen LogP contribution in [0.25, 0.3) is 81.6 Å². The van der Waals surface area contributed by atoms with Crippen molar-refractivity contribution in [2.75, 3.05) is 0 Å². The normalized spacial score (nSPS) is 12.2. The number of hydrogen-bond donors (Lipinski definition) is 0. The van der Waals surface area contributed by atoms with Crippen LogP contribution in [0, 0.1) is 6.57 Å². The van der Waals surface area contributed by atoms with Crippen LogP contribution in [0.15, 0.2) is 103 Å². The van der Waals surface area contributed by atoms with Crippen molar-refractivity contribution in [3.63, 3.8) is 0 Å². The van der Waals surface area contributed by atoms with Gasteiger partial charge in [0, 0.05) is 37.7 Å². The lowest BCUT2D eigenvalue weighted by molar-refractivity contribution is 1.02. The lowest BCUT2D eigenvalue weighted by atomic mass is 10.0. The Morgan fingerprint density at radius 2 is 1.16 bits per heavy atom. The van der Waals surface area contributed by atoms with Crippen LogP contribution in [0.2, 0.25) is 0 Å². The zero-order chi connectivity index (χ0) is 25.0. The van der Waals surface area contributed by atoms with E-state index in [-0.39, 0.29) is 0 Å². The SMILES string of the molecule is [C-]#[N+]c1nc(-n2c3ccccc3c3c4c5ccccc5n5c6ccccc6c(cc32)c45)nc2ccccc12. The van der Waals surface area contributed by atoms with Gasteiger partial charge in [0.1, 0.15) is 0 Å². The summed E-state index contributed by atoms with van der Waals surface area (Å²) < 4.78 is 4.54. The quantitative estimate of drug-likeness (QED) is 0.220. The molecular weight excluding hydrogens is 466 g/mol. The molecule has 0 spiro atoms. The molecule has 0 bridgehead atoms. The largest absolute Gasteiger partial charge is 0.360 e. The third-order valence-electron chi connectivity index (χ3n) is 7.88. The molecule has 9 aromatic rings. The van der Waals surface area contributed by atoms with Gasteiger partial charge in [0.2, 0.25) is 0 Å². The van der Waals surface area contributed by atoms with E-state index in [0.29, 0.717) is 11.8 Å². The molecule has 9 rings (SSSR count). The molecule has 38 heavy (non-hydrogen) atoms. The van der Waals surface area contributed by atoms with Gasteiger partial charge in [-0.3, -0.25) is 4.57 Å². The maximum atomic E-state index is 7.83. The molecule has 0 fully saturated rings. The Morgan fingerprint density at radius 3 is 1.92 bits per heavy atom. The molecule has 0 aliphatic heterocycles. The van der Waals surface area contributed by atoms with Gasteiger partial charge in [0.25, 0.3) is 5.82 Å². The van der Waals surface area contributed by atoms with Crippen LogP contribution in [0.5, 0.6) is 0 Å². The molecule has 0 aliphatic rings. The third-order valence-corrected chi connectivity index (χ3v) is 7.88. The van der Waals surface area contributed by atoms with Crippen molar-refractivity contribution in [1.29, 1.82) is 0 Å². The zero-order valence-corrected chi connectivity index (χ0v) is 20.1. The minimum Gasteiger partial charge on any atom is -0.360 e. The molecule has 0 aliphatic carbocycles. The van der Waals surface area contributed by atoms with Gasteiger partial charge in [-0.2, -0.15) is 4.98 Å². The number of fused-ring (bicyclic) bond motifs is 11. The molecule has 174 valence electrons. The summed E-state index contributed by atoms with van der Waals surface area (Å²) in [6, 6.07) is 35.7. The molecule has 4 heterocycles. The Morgan fingerprint density at radius 1 is 0.553 bits per heavy atom. The number of aromatic nitrogens is 4. The second kappa shape index (κ2) is 6.84. The van der Waals surface area contributed by atoms with Crippen molar-refractivity contribution in [1.82, 2.24) is 18.9 Å². The molecule has 0 amide bonds. The molecule has 0 atom stereocenters. The van der Waals surface area contributed by atoms with E-state index in [2.05, 4.69) is 92.7 Å². The Bertz CT molecular complexity index is 2470. The van der Waals surface area contributed by atoms with Gasteiger partial charge in [-0.15, -0.1) is 0 Å². The van der Waals surface area contributed by atoms with Crippen molar-refractivity contribution in [2.24, 2.45) is 0 Å². The third kappa shape index (κ3) is 2.26. The first-order valence-corrected chi connectivity index (χ1v) is 12.6. The van der Waals surface area contributed by atoms with E-state index < -0.39 is 0 Å². The highest BCUT2D eigenvalue weighted by atomic mass is 15.2. The van der Waals surface area contributed by atoms with Gasteiger partial charge in [0.15, 0.2) is 0 Å². The monoisotopic (exact) mass is 483 g/mol. The zero-order valence-electron chi connectivity index (χ0n) is 20.1. The average Bonchev–Trinajstić information content (AvgIpc) is 3.60. The minimum atomic E-state index is 0.365. The second-order valence-corrected chi connectivity index (χ2v) is 9.74. The van der Waals surface area contributed by atoms with E-state index in [4.69, 9.17) is 16.5 Å². The van der Waals surface area contributed by atoms with Crippen molar-refractivity contribution in [2.45, 2.75) is 0 Å². The van der Waals surface area contributed by atoms with E-state index in [1.54, 1.807) is 0 Å². The van der Waals surface area contributed by atoms with Gasteiger partial charge in [-0.05, 0) is 30.3 Å². The summed E-state index contributed by atoms with van der Waals surface area (Å²) in [5, 5.41) is 7.99. The van der Waals surface area contributed by atoms with Crippen molar-refractivity contribution in [3.8, 4) is 5.95 Å². The fraction of sp³-hybridized carbons (Fsp3) is 0. The van der Waals surface area contributed by atoms with E-state index in [1.165, 1.54) is 43.5 Å². The fourth-order valence-corrected chi connectivity index (χ4v) is 6.41. The summed E-state index contributed by atoms with van der Waals surface area (Å²) in [7, 11) is 0.